The van der Waals surface area contributed by atoms with E-state index >= 15 is 0 Å². The van der Waals surface area contributed by atoms with Gasteiger partial charge in [0.15, 0.2) is 5.17 Å². The molecule has 0 atom stereocenters. The molecule has 0 radical (unpaired) electrons. The molecule has 2 rings (SSSR count). The Kier molecular flexibility index (Phi) is 6.21. The fraction of sp³-hybridized carbons (Fsp3) is 0.143. The van der Waals surface area contributed by atoms with Gasteiger partial charge in [0, 0.05) is 15.2 Å². The van der Waals surface area contributed by atoms with E-state index in [9.17, 15) is 22.8 Å². The summed E-state index contributed by atoms with van der Waals surface area (Å²) in [5, 5.41) is 9.65. The van der Waals surface area contributed by atoms with Gasteiger partial charge in [0.2, 0.25) is 0 Å². The molecule has 0 saturated carbocycles. The van der Waals surface area contributed by atoms with Crippen molar-refractivity contribution in [1.82, 2.24) is 5.32 Å². The van der Waals surface area contributed by atoms with Gasteiger partial charge < -0.3 is 4.74 Å². The number of esters is 1. The van der Waals surface area contributed by atoms with Gasteiger partial charge in [-0.2, -0.15) is 18.3 Å². The zero-order valence-electron chi connectivity index (χ0n) is 12.4. The van der Waals surface area contributed by atoms with Crippen LogP contribution in [0.1, 0.15) is 11.1 Å². The van der Waals surface area contributed by atoms with Crippen LogP contribution in [0.2, 0.25) is 0 Å². The van der Waals surface area contributed by atoms with Crippen molar-refractivity contribution in [2.24, 2.45) is 10.2 Å². The number of nitrogens with zero attached hydrogens (tertiary/aromatic N) is 2. The fourth-order valence-electron chi connectivity index (χ4n) is 1.70. The van der Waals surface area contributed by atoms with Crippen LogP contribution in [-0.2, 0) is 20.5 Å². The Morgan fingerprint density at radius 1 is 1.40 bits per heavy atom. The number of rotatable bonds is 3. The predicted molar refractivity (Wildman–Crippen MR) is 95.0 cm³/mol. The van der Waals surface area contributed by atoms with Gasteiger partial charge >= 0.3 is 12.1 Å². The van der Waals surface area contributed by atoms with Gasteiger partial charge in [0.25, 0.3) is 5.91 Å². The van der Waals surface area contributed by atoms with Crippen LogP contribution in [0.25, 0.3) is 0 Å². The molecule has 0 aliphatic carbocycles. The van der Waals surface area contributed by atoms with Gasteiger partial charge in [0.05, 0.1) is 23.8 Å². The molecule has 1 aromatic carbocycles. The van der Waals surface area contributed by atoms with Crippen LogP contribution in [0, 0.1) is 3.57 Å². The molecule has 1 aliphatic rings. The van der Waals surface area contributed by atoms with Crippen molar-refractivity contribution >= 4 is 57.6 Å². The quantitative estimate of drug-likeness (QED) is 0.236. The van der Waals surface area contributed by atoms with Crippen molar-refractivity contribution in [1.29, 1.82) is 0 Å². The van der Waals surface area contributed by atoms with E-state index in [1.807, 2.05) is 0 Å². The van der Waals surface area contributed by atoms with Gasteiger partial charge in [-0.1, -0.05) is 6.07 Å². The third-order valence-electron chi connectivity index (χ3n) is 2.79. The summed E-state index contributed by atoms with van der Waals surface area (Å²) in [4.78, 5) is 22.8. The average Bonchev–Trinajstić information content (AvgIpc) is 2.87. The van der Waals surface area contributed by atoms with Crippen molar-refractivity contribution in [3.05, 3.63) is 43.9 Å². The Hall–Kier alpha value is -1.89. The Balaban J connectivity index is 2.22. The maximum absolute atomic E-state index is 13.0. The first-order valence-electron chi connectivity index (χ1n) is 6.48. The molecule has 132 valence electrons. The second kappa shape index (κ2) is 7.99. The van der Waals surface area contributed by atoms with Crippen LogP contribution in [-0.4, -0.2) is 30.4 Å². The molecule has 1 aromatic rings. The molecule has 1 N–H and O–H groups in total. The third-order valence-corrected chi connectivity index (χ3v) is 4.64. The number of thioether (sulfide) groups is 1. The maximum Gasteiger partial charge on any atom is 0.417 e. The number of ether oxygens (including phenoxy) is 1. The molecule has 0 aromatic heterocycles. The van der Waals surface area contributed by atoms with E-state index in [4.69, 9.17) is 0 Å². The van der Waals surface area contributed by atoms with Crippen molar-refractivity contribution in [3.63, 3.8) is 0 Å². The summed E-state index contributed by atoms with van der Waals surface area (Å²) < 4.78 is 43.8. The van der Waals surface area contributed by atoms with E-state index < -0.39 is 23.6 Å². The van der Waals surface area contributed by atoms with Crippen LogP contribution in [0.3, 0.4) is 0 Å². The number of amidine groups is 1. The minimum atomic E-state index is -4.53. The molecule has 1 heterocycles. The highest BCUT2D eigenvalue weighted by molar-refractivity contribution is 14.1. The summed E-state index contributed by atoms with van der Waals surface area (Å²) in [5.74, 6) is -1.29. The van der Waals surface area contributed by atoms with Gasteiger partial charge in [-0.3, -0.25) is 10.1 Å². The molecular weight excluding hydrogens is 474 g/mol. The number of methoxy groups -OCH3 is 1. The number of alkyl halides is 3. The smallest absolute Gasteiger partial charge is 0.417 e. The number of nitrogens with one attached hydrogen (secondary N) is 1. The highest BCUT2D eigenvalue weighted by atomic mass is 127. The number of hydrogen-bond acceptors (Lipinski definition) is 6. The van der Waals surface area contributed by atoms with Crippen LogP contribution >= 0.6 is 34.4 Å². The minimum Gasteiger partial charge on any atom is -0.466 e. The van der Waals surface area contributed by atoms with Gasteiger partial charge in [-0.25, -0.2) is 4.79 Å². The summed E-state index contributed by atoms with van der Waals surface area (Å²) >= 11 is 2.59. The molecule has 0 spiro atoms. The first-order valence-corrected chi connectivity index (χ1v) is 8.37. The molecular formula is C14H9F3IN3O3S. The number of halogens is 4. The Bertz CT molecular complexity index is 806. The van der Waals surface area contributed by atoms with E-state index in [2.05, 4.69) is 20.3 Å². The number of carbonyl (C=O) groups is 2. The zero-order chi connectivity index (χ0) is 18.6. The van der Waals surface area contributed by atoms with Crippen molar-refractivity contribution in [2.45, 2.75) is 6.18 Å². The third kappa shape index (κ3) is 5.04. The normalized spacial score (nSPS) is 18.2. The largest absolute Gasteiger partial charge is 0.466 e. The first kappa shape index (κ1) is 19.4. The minimum absolute atomic E-state index is 0.0379. The molecule has 1 amide bonds. The second-order valence-corrected chi connectivity index (χ2v) is 6.63. The standard InChI is InChI=1S/C14H9F3IN3O3S/c1-24-11(22)5-10-12(23)20-13(25-10)21-19-6-7-8(14(15,16)17)3-2-4-9(7)18/h2-6H,1H3,(H,20,21,23)/b10-5+,19-6?. The second-order valence-electron chi connectivity index (χ2n) is 4.44. The summed E-state index contributed by atoms with van der Waals surface area (Å²) in [6, 6.07) is 3.75. The molecule has 11 heteroatoms. The molecule has 1 aliphatic heterocycles. The number of amides is 1. The van der Waals surface area contributed by atoms with Gasteiger partial charge in [-0.15, -0.1) is 5.10 Å². The summed E-state index contributed by atoms with van der Waals surface area (Å²) in [6.45, 7) is 0. The number of hydrogen-bond donors (Lipinski definition) is 1. The number of benzene rings is 1. The van der Waals surface area contributed by atoms with Crippen LogP contribution < -0.4 is 5.32 Å². The van der Waals surface area contributed by atoms with Crippen molar-refractivity contribution in [2.75, 3.05) is 7.11 Å². The molecule has 1 saturated heterocycles. The van der Waals surface area contributed by atoms with E-state index in [1.165, 1.54) is 12.1 Å². The van der Waals surface area contributed by atoms with E-state index in [1.54, 1.807) is 22.6 Å². The number of carbonyl (C=O) groups excluding carboxylic acids is 2. The Morgan fingerprint density at radius 3 is 2.76 bits per heavy atom. The lowest BCUT2D eigenvalue weighted by Crippen LogP contribution is -2.19. The lowest BCUT2D eigenvalue weighted by Gasteiger charge is -2.10. The summed E-state index contributed by atoms with van der Waals surface area (Å²) in [5.41, 5.74) is -0.961. The van der Waals surface area contributed by atoms with E-state index in [0.717, 1.165) is 37.2 Å². The van der Waals surface area contributed by atoms with Gasteiger partial charge in [-0.05, 0) is 46.5 Å². The Morgan fingerprint density at radius 2 is 2.12 bits per heavy atom. The molecule has 1 fully saturated rings. The van der Waals surface area contributed by atoms with Gasteiger partial charge in [0.1, 0.15) is 0 Å². The maximum atomic E-state index is 13.0. The molecule has 25 heavy (non-hydrogen) atoms. The SMILES string of the molecule is COC(=O)/C=C1/S/C(=N\N=Cc2c(I)cccc2C(F)(F)F)NC1=O. The lowest BCUT2D eigenvalue weighted by molar-refractivity contribution is -0.137. The van der Waals surface area contributed by atoms with Crippen molar-refractivity contribution < 1.29 is 27.5 Å². The van der Waals surface area contributed by atoms with Crippen LogP contribution in [0.4, 0.5) is 13.2 Å². The monoisotopic (exact) mass is 483 g/mol. The highest BCUT2D eigenvalue weighted by Gasteiger charge is 2.33. The summed E-state index contributed by atoms with van der Waals surface area (Å²) in [7, 11) is 1.16. The predicted octanol–water partition coefficient (Wildman–Crippen LogP) is 2.92. The van der Waals surface area contributed by atoms with Crippen LogP contribution in [0.5, 0.6) is 0 Å². The average molecular weight is 483 g/mol. The lowest BCUT2D eigenvalue weighted by atomic mass is 10.1. The zero-order valence-corrected chi connectivity index (χ0v) is 15.4. The highest BCUT2D eigenvalue weighted by Crippen LogP contribution is 2.33. The van der Waals surface area contributed by atoms with E-state index in [0.29, 0.717) is 3.57 Å². The topological polar surface area (TPSA) is 80.1 Å². The molecule has 0 unspecified atom stereocenters. The van der Waals surface area contributed by atoms with Crippen molar-refractivity contribution in [3.8, 4) is 0 Å². The fourth-order valence-corrected chi connectivity index (χ4v) is 3.07. The van der Waals surface area contributed by atoms with Crippen LogP contribution in [0.15, 0.2) is 39.4 Å². The van der Waals surface area contributed by atoms with E-state index in [-0.39, 0.29) is 15.6 Å². The Labute approximate surface area is 157 Å². The summed E-state index contributed by atoms with van der Waals surface area (Å²) in [6.07, 6.45) is -2.58. The molecule has 6 nitrogen and oxygen atoms in total. The molecule has 0 bridgehead atoms. The first-order chi connectivity index (χ1) is 11.7.